The van der Waals surface area contributed by atoms with E-state index in [-0.39, 0.29) is 6.79 Å². The fourth-order valence-corrected chi connectivity index (χ4v) is 4.31. The van der Waals surface area contributed by atoms with Crippen molar-refractivity contribution < 1.29 is 9.47 Å². The first kappa shape index (κ1) is 21.3. The van der Waals surface area contributed by atoms with Gasteiger partial charge in [-0.1, -0.05) is 24.3 Å². The second kappa shape index (κ2) is 9.51. The van der Waals surface area contributed by atoms with E-state index in [9.17, 15) is 0 Å². The zero-order valence-electron chi connectivity index (χ0n) is 18.8. The normalized spacial score (nSPS) is 16.7. The number of hydrogen-bond acceptors (Lipinski definition) is 8. The van der Waals surface area contributed by atoms with Gasteiger partial charge in [0.25, 0.3) is 0 Å². The summed E-state index contributed by atoms with van der Waals surface area (Å²) in [5, 5.41) is 23.3. The van der Waals surface area contributed by atoms with Crippen molar-refractivity contribution in [1.82, 2.24) is 30.1 Å². The molecular weight excluding hydrogens is 418 g/mol. The van der Waals surface area contributed by atoms with Crippen LogP contribution in [0.3, 0.4) is 0 Å². The van der Waals surface area contributed by atoms with Crippen molar-refractivity contribution in [2.45, 2.75) is 18.9 Å². The summed E-state index contributed by atoms with van der Waals surface area (Å²) in [7, 11) is 3.75. The standard InChI is InChI=1S/C24H27N7O2/c1-30-13-5-6-17(15-30)27-24-20-8-4-3-7-19(20)23(28-29-24)21-10-9-18(31-25-11-12-26-31)14-22(21)33-16-32-2/h3-4,7-12,14,17H,5-6,13,15-16H2,1-2H3,(H,27,29). The summed E-state index contributed by atoms with van der Waals surface area (Å²) < 4.78 is 11.1. The Morgan fingerprint density at radius 1 is 1.06 bits per heavy atom. The Kier molecular flexibility index (Phi) is 6.14. The second-order valence-corrected chi connectivity index (χ2v) is 8.24. The molecule has 1 aliphatic heterocycles. The van der Waals surface area contributed by atoms with Gasteiger partial charge in [-0.05, 0) is 38.6 Å². The molecule has 1 aliphatic rings. The number of methoxy groups -OCH3 is 1. The first-order chi connectivity index (χ1) is 16.2. The van der Waals surface area contributed by atoms with Gasteiger partial charge in [-0.25, -0.2) is 0 Å². The number of anilines is 1. The molecule has 9 nitrogen and oxygen atoms in total. The van der Waals surface area contributed by atoms with Crippen LogP contribution in [0.5, 0.6) is 5.75 Å². The van der Waals surface area contributed by atoms with Crippen molar-refractivity contribution in [3.63, 3.8) is 0 Å². The fourth-order valence-electron chi connectivity index (χ4n) is 4.31. The van der Waals surface area contributed by atoms with Crippen LogP contribution in [0.15, 0.2) is 54.9 Å². The molecule has 1 fully saturated rings. The molecule has 1 unspecified atom stereocenters. The lowest BCUT2D eigenvalue weighted by molar-refractivity contribution is 0.0515. The van der Waals surface area contributed by atoms with Crippen molar-refractivity contribution in [2.24, 2.45) is 0 Å². The van der Waals surface area contributed by atoms with Gasteiger partial charge >= 0.3 is 0 Å². The summed E-state index contributed by atoms with van der Waals surface area (Å²) >= 11 is 0. The molecule has 0 radical (unpaired) electrons. The Labute approximate surface area is 192 Å². The Bertz CT molecular complexity index is 1230. The molecule has 0 bridgehead atoms. The van der Waals surface area contributed by atoms with Crippen LogP contribution in [0.25, 0.3) is 27.7 Å². The summed E-state index contributed by atoms with van der Waals surface area (Å²) in [4.78, 5) is 3.89. The Hall–Kier alpha value is -3.56. The molecule has 2 aromatic heterocycles. The minimum absolute atomic E-state index is 0.114. The minimum Gasteiger partial charge on any atom is -0.467 e. The zero-order chi connectivity index (χ0) is 22.6. The molecule has 2 aromatic carbocycles. The predicted molar refractivity (Wildman–Crippen MR) is 127 cm³/mol. The first-order valence-electron chi connectivity index (χ1n) is 11.1. The van der Waals surface area contributed by atoms with E-state index < -0.39 is 0 Å². The highest BCUT2D eigenvalue weighted by Gasteiger charge is 2.20. The summed E-state index contributed by atoms with van der Waals surface area (Å²) in [5.74, 6) is 1.44. The van der Waals surface area contributed by atoms with Crippen LogP contribution >= 0.6 is 0 Å². The van der Waals surface area contributed by atoms with E-state index in [4.69, 9.17) is 9.47 Å². The van der Waals surface area contributed by atoms with Gasteiger partial charge in [0.2, 0.25) is 0 Å². The fraction of sp³-hybridized carbons (Fsp3) is 0.333. The number of rotatable bonds is 7. The van der Waals surface area contributed by atoms with Crippen molar-refractivity contribution >= 4 is 16.6 Å². The highest BCUT2D eigenvalue weighted by molar-refractivity contribution is 6.01. The van der Waals surface area contributed by atoms with Gasteiger partial charge in [-0.3, -0.25) is 0 Å². The summed E-state index contributed by atoms with van der Waals surface area (Å²) in [5.41, 5.74) is 2.37. The number of aromatic nitrogens is 5. The van der Waals surface area contributed by atoms with Gasteiger partial charge in [-0.15, -0.1) is 10.2 Å². The maximum absolute atomic E-state index is 5.91. The summed E-state index contributed by atoms with van der Waals surface area (Å²) in [6.45, 7) is 2.25. The molecular formula is C24H27N7O2. The molecule has 0 spiro atoms. The molecule has 9 heteroatoms. The maximum atomic E-state index is 5.91. The third kappa shape index (κ3) is 4.50. The van der Waals surface area contributed by atoms with Crippen LogP contribution in [-0.2, 0) is 4.74 Å². The number of nitrogens with zero attached hydrogens (tertiary/aromatic N) is 6. The van der Waals surface area contributed by atoms with Crippen molar-refractivity contribution in [1.29, 1.82) is 0 Å². The minimum atomic E-state index is 0.114. The lowest BCUT2D eigenvalue weighted by Gasteiger charge is -2.30. The number of nitrogens with one attached hydrogen (secondary N) is 1. The number of fused-ring (bicyclic) bond motifs is 1. The molecule has 0 saturated carbocycles. The number of piperidine rings is 1. The lowest BCUT2D eigenvalue weighted by atomic mass is 10.0. The monoisotopic (exact) mass is 445 g/mol. The van der Waals surface area contributed by atoms with Crippen molar-refractivity contribution in [2.75, 3.05) is 39.4 Å². The number of hydrogen-bond donors (Lipinski definition) is 1. The van der Waals surface area contributed by atoms with E-state index in [2.05, 4.69) is 49.8 Å². The Morgan fingerprint density at radius 2 is 1.88 bits per heavy atom. The highest BCUT2D eigenvalue weighted by atomic mass is 16.7. The van der Waals surface area contributed by atoms with E-state index in [0.717, 1.165) is 53.0 Å². The van der Waals surface area contributed by atoms with Crippen LogP contribution in [0.4, 0.5) is 5.82 Å². The summed E-state index contributed by atoms with van der Waals surface area (Å²) in [6.07, 6.45) is 5.58. The van der Waals surface area contributed by atoms with Crippen molar-refractivity contribution in [3.8, 4) is 22.7 Å². The number of likely N-dealkylation sites (tertiary alicyclic amines) is 1. The molecule has 33 heavy (non-hydrogen) atoms. The third-order valence-corrected chi connectivity index (χ3v) is 5.85. The predicted octanol–water partition coefficient (Wildman–Crippen LogP) is 3.37. The molecule has 3 heterocycles. The van der Waals surface area contributed by atoms with E-state index in [1.165, 1.54) is 6.42 Å². The molecule has 0 amide bonds. The molecule has 170 valence electrons. The van der Waals surface area contributed by atoms with Crippen molar-refractivity contribution in [3.05, 3.63) is 54.9 Å². The van der Waals surface area contributed by atoms with E-state index in [1.54, 1.807) is 24.3 Å². The molecule has 1 N–H and O–H groups in total. The highest BCUT2D eigenvalue weighted by Crippen LogP contribution is 2.36. The van der Waals surface area contributed by atoms with Gasteiger partial charge in [0, 0.05) is 42.1 Å². The number of likely N-dealkylation sites (N-methyl/N-ethyl adjacent to an activating group) is 1. The van der Waals surface area contributed by atoms with Crippen LogP contribution in [0.1, 0.15) is 12.8 Å². The average molecular weight is 446 g/mol. The van der Waals surface area contributed by atoms with Gasteiger partial charge in [0.15, 0.2) is 12.6 Å². The van der Waals surface area contributed by atoms with Gasteiger partial charge in [-0.2, -0.15) is 15.0 Å². The largest absolute Gasteiger partial charge is 0.467 e. The zero-order valence-corrected chi connectivity index (χ0v) is 18.8. The van der Waals surface area contributed by atoms with Gasteiger partial charge in [0.05, 0.1) is 18.1 Å². The van der Waals surface area contributed by atoms with E-state index in [0.29, 0.717) is 11.8 Å². The Balaban J connectivity index is 1.56. The number of ether oxygens (including phenoxy) is 2. The van der Waals surface area contributed by atoms with Crippen LogP contribution in [0, 0.1) is 0 Å². The first-order valence-corrected chi connectivity index (χ1v) is 11.1. The smallest absolute Gasteiger partial charge is 0.188 e. The average Bonchev–Trinajstić information content (AvgIpc) is 3.38. The third-order valence-electron chi connectivity index (χ3n) is 5.85. The van der Waals surface area contributed by atoms with E-state index in [1.807, 2.05) is 30.3 Å². The lowest BCUT2D eigenvalue weighted by Crippen LogP contribution is -2.40. The van der Waals surface area contributed by atoms with Crippen LogP contribution < -0.4 is 10.1 Å². The molecule has 0 aliphatic carbocycles. The van der Waals surface area contributed by atoms with Gasteiger partial charge < -0.3 is 19.7 Å². The van der Waals surface area contributed by atoms with Crippen LogP contribution in [0.2, 0.25) is 0 Å². The Morgan fingerprint density at radius 3 is 2.67 bits per heavy atom. The quantitative estimate of drug-likeness (QED) is 0.433. The summed E-state index contributed by atoms with van der Waals surface area (Å²) in [6, 6.07) is 14.3. The molecule has 1 saturated heterocycles. The molecule has 4 aromatic rings. The second-order valence-electron chi connectivity index (χ2n) is 8.24. The van der Waals surface area contributed by atoms with E-state index >= 15 is 0 Å². The SMILES string of the molecule is COCOc1cc(-n2nccn2)ccc1-c1nnc(NC2CCCN(C)C2)c2ccccc12. The molecule has 1 atom stereocenters. The molecule has 5 rings (SSSR count). The topological polar surface area (TPSA) is 90.2 Å². The van der Waals surface area contributed by atoms with Gasteiger partial charge in [0.1, 0.15) is 11.4 Å². The number of benzene rings is 2. The van der Waals surface area contributed by atoms with Crippen LogP contribution in [-0.4, -0.2) is 70.2 Å². The maximum Gasteiger partial charge on any atom is 0.188 e.